The predicted octanol–water partition coefficient (Wildman–Crippen LogP) is 5.50. The van der Waals surface area contributed by atoms with E-state index in [2.05, 4.69) is 12.7 Å². The van der Waals surface area contributed by atoms with Crippen molar-refractivity contribution < 1.29 is 19.4 Å². The van der Waals surface area contributed by atoms with Gasteiger partial charge in [0, 0.05) is 34.2 Å². The van der Waals surface area contributed by atoms with Crippen molar-refractivity contribution in [1.82, 2.24) is 0 Å². The highest BCUT2D eigenvalue weighted by Crippen LogP contribution is 2.38. The van der Waals surface area contributed by atoms with Crippen molar-refractivity contribution in [2.45, 2.75) is 38.7 Å². The van der Waals surface area contributed by atoms with Gasteiger partial charge in [-0.25, -0.2) is 4.39 Å². The van der Waals surface area contributed by atoms with Gasteiger partial charge in [0.1, 0.15) is 0 Å². The molecule has 3 rings (SSSR count). The Morgan fingerprint density at radius 3 is 2.21 bits per heavy atom. The summed E-state index contributed by atoms with van der Waals surface area (Å²) in [6.45, 7) is 4.23. The van der Waals surface area contributed by atoms with Crippen molar-refractivity contribution in [3.05, 3.63) is 88.2 Å². The van der Waals surface area contributed by atoms with Crippen LogP contribution in [0.3, 0.4) is 0 Å². The summed E-state index contributed by atoms with van der Waals surface area (Å²) >= 11 is 6.28. The highest BCUT2D eigenvalue weighted by atomic mass is 35.5. The second-order valence-corrected chi connectivity index (χ2v) is 7.96. The van der Waals surface area contributed by atoms with Gasteiger partial charge in [0.2, 0.25) is 0 Å². The van der Waals surface area contributed by atoms with Gasteiger partial charge in [-0.3, -0.25) is 4.79 Å². The van der Waals surface area contributed by atoms with Crippen LogP contribution >= 0.6 is 11.6 Å². The first kappa shape index (κ1) is 29.3. The van der Waals surface area contributed by atoms with Gasteiger partial charge in [0.05, 0.1) is 6.10 Å². The fourth-order valence-corrected chi connectivity index (χ4v) is 3.68. The van der Waals surface area contributed by atoms with E-state index in [1.165, 1.54) is 13.1 Å². The number of aliphatic hydroxyl groups excluding tert-OH is 1. The number of benzene rings is 3. The van der Waals surface area contributed by atoms with Crippen LogP contribution in [0.5, 0.6) is 5.75 Å². The largest absolute Gasteiger partial charge is 0.505 e. The summed E-state index contributed by atoms with van der Waals surface area (Å²) < 4.78 is 14.6. The monoisotopic (exact) mass is 488 g/mol. The molecule has 0 bridgehead atoms. The van der Waals surface area contributed by atoms with Gasteiger partial charge in [-0.05, 0) is 55.8 Å². The standard InChI is InChI=1S/C21H17ClFNO2.C5H12O.CH5N/c22-18-8-6-14(17(11-24)13-4-2-1-3-5-13)10-16(18)20-15(12-25)7-9-19(26)21(20)23;1-3-4-5(2)6;1-2/h1-10,12,17,26H,11,24H2;5-6H,3-4H2,1-2H3;2H2,1H3/t;5-;/m.1./s1. The Bertz CT molecular complexity index is 1030. The highest BCUT2D eigenvalue weighted by molar-refractivity contribution is 6.33. The lowest BCUT2D eigenvalue weighted by atomic mass is 9.88. The third kappa shape index (κ3) is 7.92. The van der Waals surface area contributed by atoms with Gasteiger partial charge >= 0.3 is 0 Å². The molecule has 2 atom stereocenters. The average molecular weight is 489 g/mol. The molecule has 0 aliphatic rings. The maximum absolute atomic E-state index is 14.6. The summed E-state index contributed by atoms with van der Waals surface area (Å²) in [7, 11) is 1.50. The number of carbonyl (C=O) groups excluding carboxylic acids is 1. The number of halogens is 2. The number of phenolic OH excluding ortho intramolecular Hbond substituents is 1. The van der Waals surface area contributed by atoms with Gasteiger partial charge in [-0.15, -0.1) is 0 Å². The zero-order valence-electron chi connectivity index (χ0n) is 19.8. The molecule has 0 heterocycles. The molecule has 3 aromatic carbocycles. The third-order valence-electron chi connectivity index (χ3n) is 5.09. The van der Waals surface area contributed by atoms with Crippen molar-refractivity contribution >= 4 is 17.9 Å². The Balaban J connectivity index is 0.000000631. The molecule has 0 fully saturated rings. The van der Waals surface area contributed by atoms with Crippen molar-refractivity contribution in [3.63, 3.8) is 0 Å². The molecule has 1 unspecified atom stereocenters. The molecule has 0 spiro atoms. The summed E-state index contributed by atoms with van der Waals surface area (Å²) in [5.41, 5.74) is 12.8. The fourth-order valence-electron chi connectivity index (χ4n) is 3.47. The molecule has 5 nitrogen and oxygen atoms in total. The molecule has 7 heteroatoms. The zero-order chi connectivity index (χ0) is 25.7. The smallest absolute Gasteiger partial charge is 0.173 e. The van der Waals surface area contributed by atoms with Crippen molar-refractivity contribution in [3.8, 4) is 16.9 Å². The number of aldehydes is 1. The predicted molar refractivity (Wildman–Crippen MR) is 138 cm³/mol. The van der Waals surface area contributed by atoms with E-state index in [1.807, 2.05) is 43.3 Å². The summed E-state index contributed by atoms with van der Waals surface area (Å²) in [5.74, 6) is -1.52. The third-order valence-corrected chi connectivity index (χ3v) is 5.42. The molecule has 0 saturated heterocycles. The van der Waals surface area contributed by atoms with Crippen LogP contribution in [-0.2, 0) is 0 Å². The van der Waals surface area contributed by atoms with E-state index < -0.39 is 11.6 Å². The average Bonchev–Trinajstić information content (AvgIpc) is 2.85. The molecule has 34 heavy (non-hydrogen) atoms. The molecule has 0 aliphatic heterocycles. The molecule has 0 saturated carbocycles. The number of rotatable bonds is 7. The Labute approximate surface area is 206 Å². The SMILES string of the molecule is CCC[C@@H](C)O.CN.NCC(c1ccccc1)c1ccc(Cl)c(-c2c(C=O)ccc(O)c2F)c1. The van der Waals surface area contributed by atoms with Crippen molar-refractivity contribution in [2.75, 3.05) is 13.6 Å². The summed E-state index contributed by atoms with van der Waals surface area (Å²) in [5, 5.41) is 18.6. The quantitative estimate of drug-likeness (QED) is 0.328. The summed E-state index contributed by atoms with van der Waals surface area (Å²) in [6, 6.07) is 17.4. The van der Waals surface area contributed by atoms with Gasteiger partial charge in [0.25, 0.3) is 0 Å². The van der Waals surface area contributed by atoms with E-state index in [9.17, 15) is 14.3 Å². The second kappa shape index (κ2) is 15.2. The fraction of sp³-hybridized carbons (Fsp3) is 0.296. The van der Waals surface area contributed by atoms with Crippen LogP contribution in [-0.4, -0.2) is 36.2 Å². The van der Waals surface area contributed by atoms with Crippen LogP contribution in [0.1, 0.15) is 54.1 Å². The lowest BCUT2D eigenvalue weighted by Crippen LogP contribution is -2.14. The molecule has 184 valence electrons. The number of aliphatic hydroxyl groups is 1. The summed E-state index contributed by atoms with van der Waals surface area (Å²) in [4.78, 5) is 11.4. The number of hydrogen-bond donors (Lipinski definition) is 4. The van der Waals surface area contributed by atoms with Gasteiger partial charge in [-0.1, -0.05) is 61.3 Å². The van der Waals surface area contributed by atoms with Crippen LogP contribution < -0.4 is 11.5 Å². The van der Waals surface area contributed by atoms with Crippen molar-refractivity contribution in [1.29, 1.82) is 0 Å². The number of aromatic hydroxyl groups is 1. The van der Waals surface area contributed by atoms with E-state index in [-0.39, 0.29) is 28.2 Å². The maximum atomic E-state index is 14.6. The Morgan fingerprint density at radius 2 is 1.71 bits per heavy atom. The highest BCUT2D eigenvalue weighted by Gasteiger charge is 2.20. The number of hydrogen-bond acceptors (Lipinski definition) is 5. The molecular formula is C27H34ClFN2O3. The van der Waals surface area contributed by atoms with Gasteiger partial charge in [0.15, 0.2) is 17.9 Å². The first-order chi connectivity index (χ1) is 16.3. The van der Waals surface area contributed by atoms with Crippen LogP contribution in [0.15, 0.2) is 60.7 Å². The van der Waals surface area contributed by atoms with Crippen LogP contribution in [0.2, 0.25) is 5.02 Å². The van der Waals surface area contributed by atoms with Gasteiger partial charge < -0.3 is 21.7 Å². The van der Waals surface area contributed by atoms with E-state index in [1.54, 1.807) is 12.1 Å². The van der Waals surface area contributed by atoms with Gasteiger partial charge in [-0.2, -0.15) is 0 Å². The molecule has 6 N–H and O–H groups in total. The van der Waals surface area contributed by atoms with Crippen molar-refractivity contribution in [2.24, 2.45) is 11.5 Å². The minimum Gasteiger partial charge on any atom is -0.505 e. The molecule has 0 aliphatic carbocycles. The lowest BCUT2D eigenvalue weighted by molar-refractivity contribution is 0.112. The zero-order valence-corrected chi connectivity index (χ0v) is 20.6. The van der Waals surface area contributed by atoms with Crippen LogP contribution in [0.4, 0.5) is 4.39 Å². The molecule has 0 aromatic heterocycles. The first-order valence-electron chi connectivity index (χ1n) is 11.1. The Hall–Kier alpha value is -2.77. The topological polar surface area (TPSA) is 110 Å². The number of nitrogens with two attached hydrogens (primary N) is 2. The van der Waals surface area contributed by atoms with E-state index in [0.717, 1.165) is 30.0 Å². The van der Waals surface area contributed by atoms with E-state index in [0.29, 0.717) is 18.4 Å². The minimum atomic E-state index is -0.877. The molecule has 3 aromatic rings. The van der Waals surface area contributed by atoms with Crippen LogP contribution in [0, 0.1) is 5.82 Å². The normalized spacial score (nSPS) is 11.9. The van der Waals surface area contributed by atoms with Crippen LogP contribution in [0.25, 0.3) is 11.1 Å². The summed E-state index contributed by atoms with van der Waals surface area (Å²) in [6.07, 6.45) is 2.45. The molecule has 0 radical (unpaired) electrons. The Morgan fingerprint density at radius 1 is 1.06 bits per heavy atom. The molecular weight excluding hydrogens is 455 g/mol. The number of phenols is 1. The Kier molecular flexibility index (Phi) is 13.1. The second-order valence-electron chi connectivity index (χ2n) is 7.56. The lowest BCUT2D eigenvalue weighted by Gasteiger charge is -2.18. The maximum Gasteiger partial charge on any atom is 0.173 e. The number of carbonyl (C=O) groups is 1. The molecule has 0 amide bonds. The first-order valence-corrected chi connectivity index (χ1v) is 11.5. The van der Waals surface area contributed by atoms with E-state index >= 15 is 0 Å². The minimum absolute atomic E-state index is 0.0179. The van der Waals surface area contributed by atoms with E-state index in [4.69, 9.17) is 22.4 Å².